The summed E-state index contributed by atoms with van der Waals surface area (Å²) in [6.45, 7) is 0. The van der Waals surface area contributed by atoms with Crippen molar-refractivity contribution in [2.75, 3.05) is 0 Å². The molecule has 0 spiro atoms. The number of aliphatic hydroxyl groups excluding tert-OH is 1. The fourth-order valence-corrected chi connectivity index (χ4v) is 2.06. The molecule has 0 saturated heterocycles. The Hall–Kier alpha value is -1.28. The molecule has 2 unspecified atom stereocenters. The second kappa shape index (κ2) is 4.07. The van der Waals surface area contributed by atoms with Gasteiger partial charge in [-0.25, -0.2) is 0 Å². The molecule has 0 amide bonds. The third kappa shape index (κ3) is 1.90. The zero-order valence-electron chi connectivity index (χ0n) is 7.87. The summed E-state index contributed by atoms with van der Waals surface area (Å²) in [4.78, 5) is 8.89. The van der Waals surface area contributed by atoms with E-state index < -0.39 is 13.9 Å². The molecule has 2 aromatic carbocycles. The molecule has 76 valence electrons. The molecule has 0 bridgehead atoms. The van der Waals surface area contributed by atoms with Crippen molar-refractivity contribution in [2.45, 2.75) is 5.85 Å². The topological polar surface area (TPSA) is 57.5 Å². The highest BCUT2D eigenvalue weighted by Crippen LogP contribution is 2.37. The first kappa shape index (κ1) is 10.2. The molecule has 0 radical (unpaired) electrons. The first-order chi connectivity index (χ1) is 7.20. The number of hydrogen-bond donors (Lipinski definition) is 2. The van der Waals surface area contributed by atoms with Crippen LogP contribution in [0.3, 0.4) is 0 Å². The molecule has 2 atom stereocenters. The third-order valence-corrected chi connectivity index (χ3v) is 3.01. The van der Waals surface area contributed by atoms with E-state index >= 15 is 0 Å². The van der Waals surface area contributed by atoms with Gasteiger partial charge >= 0.3 is 13.9 Å². The van der Waals surface area contributed by atoms with Crippen molar-refractivity contribution < 1.29 is 14.6 Å². The molecule has 15 heavy (non-hydrogen) atoms. The molecule has 0 saturated carbocycles. The Labute approximate surface area is 87.9 Å². The Bertz CT molecular complexity index is 505. The molecule has 2 rings (SSSR count). The van der Waals surface area contributed by atoms with Gasteiger partial charge in [0.05, 0.1) is 0 Å². The van der Waals surface area contributed by atoms with Gasteiger partial charge in [-0.05, 0) is 15.3 Å². The average molecular weight is 221 g/mol. The van der Waals surface area contributed by atoms with E-state index in [4.69, 9.17) is 4.89 Å². The van der Waals surface area contributed by atoms with Crippen LogP contribution in [-0.4, -0.2) is 10.00 Å². The lowest BCUT2D eigenvalue weighted by Gasteiger charge is -2.03. The maximum atomic E-state index is 10.8. The summed E-state index contributed by atoms with van der Waals surface area (Å²) in [6, 6.07) is 12.8. The molecule has 0 aliphatic rings. The van der Waals surface area contributed by atoms with Crippen molar-refractivity contribution in [1.29, 1.82) is 0 Å². The van der Waals surface area contributed by atoms with E-state index in [1.165, 1.54) is 0 Å². The Morgan fingerprint density at radius 2 is 1.73 bits per heavy atom. The summed E-state index contributed by atoms with van der Waals surface area (Å²) in [7, 11) is -2.61. The second-order valence-corrected chi connectivity index (χ2v) is 4.34. The first-order valence-corrected chi connectivity index (χ1v) is 5.79. The summed E-state index contributed by atoms with van der Waals surface area (Å²) in [5.41, 5.74) is 0.497. The zero-order valence-corrected chi connectivity index (χ0v) is 8.76. The maximum absolute atomic E-state index is 10.8. The van der Waals surface area contributed by atoms with E-state index in [0.29, 0.717) is 5.56 Å². The van der Waals surface area contributed by atoms with Crippen LogP contribution in [0.5, 0.6) is 0 Å². The van der Waals surface area contributed by atoms with Gasteiger partial charge in [0.1, 0.15) is 0 Å². The van der Waals surface area contributed by atoms with Gasteiger partial charge in [-0.15, -0.1) is 0 Å². The molecule has 4 heteroatoms. The van der Waals surface area contributed by atoms with Gasteiger partial charge in [-0.3, -0.25) is 0 Å². The molecule has 3 nitrogen and oxygen atoms in total. The van der Waals surface area contributed by atoms with Gasteiger partial charge in [-0.2, -0.15) is 4.89 Å². The van der Waals surface area contributed by atoms with Crippen LogP contribution < -0.4 is 0 Å². The summed E-state index contributed by atoms with van der Waals surface area (Å²) in [5.74, 6) is -1.31. The highest BCUT2D eigenvalue weighted by Gasteiger charge is 2.29. The third-order valence-electron chi connectivity index (χ3n) is 2.31. The minimum Gasteiger partial charge on any atom is -0.345 e. The van der Waals surface area contributed by atoms with Crippen LogP contribution in [0.15, 0.2) is 42.5 Å². The van der Waals surface area contributed by atoms with E-state index in [1.807, 2.05) is 30.3 Å². The Morgan fingerprint density at radius 1 is 1.07 bits per heavy atom. The highest BCUT2D eigenvalue weighted by atomic mass is 31.1. The summed E-state index contributed by atoms with van der Waals surface area (Å²) in [5, 5.41) is 11.3. The minimum atomic E-state index is -2.61. The number of aliphatic hydroxyl groups is 1. The van der Waals surface area contributed by atoms with E-state index in [-0.39, 0.29) is 0 Å². The second-order valence-electron chi connectivity index (χ2n) is 3.24. The van der Waals surface area contributed by atoms with Gasteiger partial charge in [0, 0.05) is 5.56 Å². The predicted octanol–water partition coefficient (Wildman–Crippen LogP) is 2.57. The molecule has 0 fully saturated rings. The van der Waals surface area contributed by atoms with Crippen LogP contribution in [0.25, 0.3) is 10.8 Å². The largest absolute Gasteiger partial charge is 0.542 e. The van der Waals surface area contributed by atoms with E-state index in [1.54, 1.807) is 12.1 Å². The lowest BCUT2D eigenvalue weighted by Crippen LogP contribution is -1.92. The molecule has 2 aromatic rings. The number of fused-ring (bicyclic) bond motifs is 1. The number of benzene rings is 2. The summed E-state index contributed by atoms with van der Waals surface area (Å²) >= 11 is 0. The highest BCUT2D eigenvalue weighted by molar-refractivity contribution is 7.38. The summed E-state index contributed by atoms with van der Waals surface area (Å²) in [6.07, 6.45) is 0. The Balaban J connectivity index is 2.65. The van der Waals surface area contributed by atoms with Gasteiger partial charge in [0.25, 0.3) is 0 Å². The van der Waals surface area contributed by atoms with Gasteiger partial charge in [0.2, 0.25) is 0 Å². The van der Waals surface area contributed by atoms with Crippen molar-refractivity contribution in [3.63, 3.8) is 0 Å². The quantitative estimate of drug-likeness (QED) is 0.766. The lowest BCUT2D eigenvalue weighted by molar-refractivity contribution is 0.244. The van der Waals surface area contributed by atoms with E-state index in [9.17, 15) is 9.67 Å². The van der Waals surface area contributed by atoms with Crippen LogP contribution >= 0.6 is 8.03 Å². The van der Waals surface area contributed by atoms with Gasteiger partial charge in [0.15, 0.2) is 0 Å². The molecule has 2 N–H and O–H groups in total. The van der Waals surface area contributed by atoms with Crippen molar-refractivity contribution in [3.05, 3.63) is 48.0 Å². The maximum Gasteiger partial charge on any atom is 0.542 e. The minimum absolute atomic E-state index is 0.497. The molecule has 0 aliphatic heterocycles. The Kier molecular flexibility index (Phi) is 2.78. The van der Waals surface area contributed by atoms with Crippen molar-refractivity contribution in [3.8, 4) is 0 Å². The lowest BCUT2D eigenvalue weighted by atomic mass is 10.1. The smallest absolute Gasteiger partial charge is 0.345 e. The molecule has 0 aliphatic carbocycles. The fourth-order valence-electron chi connectivity index (χ4n) is 1.59. The zero-order chi connectivity index (χ0) is 10.8. The van der Waals surface area contributed by atoms with Crippen LogP contribution in [0.2, 0.25) is 0 Å². The van der Waals surface area contributed by atoms with E-state index in [2.05, 4.69) is 0 Å². The number of hydrogen-bond acceptors (Lipinski definition) is 2. The van der Waals surface area contributed by atoms with Crippen LogP contribution in [0, 0.1) is 0 Å². The van der Waals surface area contributed by atoms with Crippen LogP contribution in [-0.2, 0) is 4.57 Å². The van der Waals surface area contributed by atoms with Crippen molar-refractivity contribution in [1.82, 2.24) is 0 Å². The fraction of sp³-hybridized carbons (Fsp3) is 0.0909. The SMILES string of the molecule is O=[P+](O)C(O)c1cccc2ccccc12. The normalized spacial score (nSPS) is 13.9. The van der Waals surface area contributed by atoms with Gasteiger partial charge < -0.3 is 5.11 Å². The van der Waals surface area contributed by atoms with Crippen molar-refractivity contribution >= 4 is 18.8 Å². The average Bonchev–Trinajstić information content (AvgIpc) is 2.27. The first-order valence-electron chi connectivity index (χ1n) is 4.51. The van der Waals surface area contributed by atoms with Crippen LogP contribution in [0.4, 0.5) is 0 Å². The summed E-state index contributed by atoms with van der Waals surface area (Å²) < 4.78 is 10.8. The number of rotatable bonds is 2. The standard InChI is InChI=1S/C11H9O3P/c12-11(15(13)14)10-7-3-5-8-4-1-2-6-9(8)10/h1-7,11-12H/p+1. The van der Waals surface area contributed by atoms with Gasteiger partial charge in [-0.1, -0.05) is 42.5 Å². The molecular formula is C11H10O3P+. The molecule has 0 aromatic heterocycles. The monoisotopic (exact) mass is 221 g/mol. The van der Waals surface area contributed by atoms with E-state index in [0.717, 1.165) is 10.8 Å². The van der Waals surface area contributed by atoms with Crippen molar-refractivity contribution in [2.24, 2.45) is 0 Å². The van der Waals surface area contributed by atoms with Crippen LogP contribution in [0.1, 0.15) is 11.4 Å². The molecular weight excluding hydrogens is 211 g/mol. The molecule has 0 heterocycles. The Morgan fingerprint density at radius 3 is 2.47 bits per heavy atom. The predicted molar refractivity (Wildman–Crippen MR) is 58.7 cm³/mol.